The minimum atomic E-state index is -0.431. The lowest BCUT2D eigenvalue weighted by Gasteiger charge is -2.08. The number of anilines is 2. The van der Waals surface area contributed by atoms with Crippen molar-refractivity contribution < 1.29 is 14.3 Å². The fourth-order valence-electron chi connectivity index (χ4n) is 1.78. The summed E-state index contributed by atoms with van der Waals surface area (Å²) in [5, 5.41) is 5.65. The van der Waals surface area contributed by atoms with E-state index in [2.05, 4.69) is 10.6 Å². The van der Waals surface area contributed by atoms with Gasteiger partial charge in [-0.15, -0.1) is 0 Å². The maximum absolute atomic E-state index is 11.8. The monoisotopic (exact) mass is 318 g/mol. The predicted octanol–water partition coefficient (Wildman–Crippen LogP) is 3.32. The maximum atomic E-state index is 11.8. The standard InChI is InChI=1S/C16H15ClN2O3/c1-22-12-8-6-11(7-9-12)18-15(20)10-16(21)19-14-5-3-2-4-13(14)17/h2-9H,10H2,1H3,(H,18,20)(H,19,21). The van der Waals surface area contributed by atoms with Crippen LogP contribution in [-0.4, -0.2) is 18.9 Å². The zero-order valence-electron chi connectivity index (χ0n) is 11.9. The Hall–Kier alpha value is -2.53. The fraction of sp³-hybridized carbons (Fsp3) is 0.125. The number of rotatable bonds is 5. The van der Waals surface area contributed by atoms with Crippen molar-refractivity contribution in [2.45, 2.75) is 6.42 Å². The van der Waals surface area contributed by atoms with Crippen molar-refractivity contribution in [2.24, 2.45) is 0 Å². The highest BCUT2D eigenvalue weighted by molar-refractivity contribution is 6.33. The van der Waals surface area contributed by atoms with Crippen molar-refractivity contribution in [3.8, 4) is 5.75 Å². The summed E-state index contributed by atoms with van der Waals surface area (Å²) < 4.78 is 5.03. The van der Waals surface area contributed by atoms with Gasteiger partial charge in [0.25, 0.3) is 0 Å². The summed E-state index contributed by atoms with van der Waals surface area (Å²) in [6, 6.07) is 13.7. The maximum Gasteiger partial charge on any atom is 0.233 e. The molecule has 0 bridgehead atoms. The largest absolute Gasteiger partial charge is 0.497 e. The summed E-state index contributed by atoms with van der Waals surface area (Å²) in [6.45, 7) is 0. The summed E-state index contributed by atoms with van der Waals surface area (Å²) in [5.41, 5.74) is 1.07. The molecule has 2 rings (SSSR count). The summed E-state index contributed by atoms with van der Waals surface area (Å²) in [5.74, 6) is -0.150. The second kappa shape index (κ2) is 7.47. The van der Waals surface area contributed by atoms with Gasteiger partial charge in [-0.2, -0.15) is 0 Å². The van der Waals surface area contributed by atoms with E-state index in [-0.39, 0.29) is 6.42 Å². The molecule has 0 unspecified atom stereocenters. The zero-order chi connectivity index (χ0) is 15.9. The van der Waals surface area contributed by atoms with Crippen LogP contribution < -0.4 is 15.4 Å². The van der Waals surface area contributed by atoms with Gasteiger partial charge in [-0.05, 0) is 36.4 Å². The van der Waals surface area contributed by atoms with E-state index in [4.69, 9.17) is 16.3 Å². The molecule has 0 fully saturated rings. The summed E-state index contributed by atoms with van der Waals surface area (Å²) >= 11 is 5.94. The number of carbonyl (C=O) groups is 2. The second-order valence-electron chi connectivity index (χ2n) is 4.48. The Labute approximate surface area is 133 Å². The third-order valence-electron chi connectivity index (χ3n) is 2.84. The van der Waals surface area contributed by atoms with Gasteiger partial charge in [0.05, 0.1) is 17.8 Å². The van der Waals surface area contributed by atoms with Crippen molar-refractivity contribution in [2.75, 3.05) is 17.7 Å². The Bertz CT molecular complexity index is 671. The van der Waals surface area contributed by atoms with Crippen molar-refractivity contribution in [1.82, 2.24) is 0 Å². The quantitative estimate of drug-likeness (QED) is 0.831. The van der Waals surface area contributed by atoms with Gasteiger partial charge in [-0.25, -0.2) is 0 Å². The molecule has 2 amide bonds. The third-order valence-corrected chi connectivity index (χ3v) is 3.17. The highest BCUT2D eigenvalue weighted by Crippen LogP contribution is 2.20. The number of nitrogens with one attached hydrogen (secondary N) is 2. The molecule has 0 saturated heterocycles. The second-order valence-corrected chi connectivity index (χ2v) is 4.89. The van der Waals surface area contributed by atoms with Gasteiger partial charge < -0.3 is 15.4 Å². The van der Waals surface area contributed by atoms with Crippen LogP contribution in [0.4, 0.5) is 11.4 Å². The van der Waals surface area contributed by atoms with E-state index in [0.717, 1.165) is 0 Å². The van der Waals surface area contributed by atoms with E-state index in [9.17, 15) is 9.59 Å². The summed E-state index contributed by atoms with van der Waals surface area (Å²) in [4.78, 5) is 23.6. The van der Waals surface area contributed by atoms with Gasteiger partial charge in [0, 0.05) is 5.69 Å². The van der Waals surface area contributed by atoms with Gasteiger partial charge in [0.15, 0.2) is 0 Å². The number of para-hydroxylation sites is 1. The first-order chi connectivity index (χ1) is 10.6. The lowest BCUT2D eigenvalue weighted by Crippen LogP contribution is -2.21. The van der Waals surface area contributed by atoms with Crippen molar-refractivity contribution in [3.05, 3.63) is 53.6 Å². The molecule has 0 heterocycles. The first kappa shape index (κ1) is 15.9. The Kier molecular flexibility index (Phi) is 5.38. The smallest absolute Gasteiger partial charge is 0.233 e. The number of hydrogen-bond acceptors (Lipinski definition) is 3. The number of hydrogen-bond donors (Lipinski definition) is 2. The van der Waals surface area contributed by atoms with Gasteiger partial charge in [-0.3, -0.25) is 9.59 Å². The molecule has 2 aromatic carbocycles. The third kappa shape index (κ3) is 4.49. The molecule has 0 aliphatic rings. The number of amides is 2. The van der Waals surface area contributed by atoms with Crippen molar-refractivity contribution in [1.29, 1.82) is 0 Å². The van der Waals surface area contributed by atoms with Crippen LogP contribution in [0, 0.1) is 0 Å². The van der Waals surface area contributed by atoms with Gasteiger partial charge in [0.1, 0.15) is 12.2 Å². The number of benzene rings is 2. The number of halogens is 1. The van der Waals surface area contributed by atoms with E-state index in [0.29, 0.717) is 22.1 Å². The molecular weight excluding hydrogens is 304 g/mol. The first-order valence-corrected chi connectivity index (χ1v) is 6.94. The zero-order valence-corrected chi connectivity index (χ0v) is 12.7. The van der Waals surface area contributed by atoms with Crippen LogP contribution in [0.1, 0.15) is 6.42 Å². The highest BCUT2D eigenvalue weighted by atomic mass is 35.5. The van der Waals surface area contributed by atoms with Gasteiger partial charge in [-0.1, -0.05) is 23.7 Å². The molecule has 0 aliphatic heterocycles. The minimum absolute atomic E-state index is 0.294. The molecule has 5 nitrogen and oxygen atoms in total. The van der Waals surface area contributed by atoms with E-state index < -0.39 is 11.8 Å². The average molecular weight is 319 g/mol. The number of ether oxygens (including phenoxy) is 1. The first-order valence-electron chi connectivity index (χ1n) is 6.57. The summed E-state index contributed by atoms with van der Waals surface area (Å²) in [7, 11) is 1.56. The highest BCUT2D eigenvalue weighted by Gasteiger charge is 2.11. The van der Waals surface area contributed by atoms with Crippen LogP contribution >= 0.6 is 11.6 Å². The van der Waals surface area contributed by atoms with Gasteiger partial charge >= 0.3 is 0 Å². The Morgan fingerprint density at radius 3 is 2.27 bits per heavy atom. The Balaban J connectivity index is 1.88. The van der Waals surface area contributed by atoms with Crippen molar-refractivity contribution in [3.63, 3.8) is 0 Å². The fourth-order valence-corrected chi connectivity index (χ4v) is 1.97. The predicted molar refractivity (Wildman–Crippen MR) is 86.3 cm³/mol. The topological polar surface area (TPSA) is 67.4 Å². The number of carbonyl (C=O) groups excluding carboxylic acids is 2. The Morgan fingerprint density at radius 2 is 1.64 bits per heavy atom. The molecule has 6 heteroatoms. The molecule has 2 aromatic rings. The summed E-state index contributed by atoms with van der Waals surface area (Å²) in [6.07, 6.45) is -0.294. The molecule has 0 radical (unpaired) electrons. The molecule has 2 N–H and O–H groups in total. The molecule has 22 heavy (non-hydrogen) atoms. The average Bonchev–Trinajstić information content (AvgIpc) is 2.50. The minimum Gasteiger partial charge on any atom is -0.497 e. The van der Waals surface area contributed by atoms with Crippen LogP contribution in [0.3, 0.4) is 0 Å². The van der Waals surface area contributed by atoms with E-state index in [1.807, 2.05) is 0 Å². The Morgan fingerprint density at radius 1 is 1.00 bits per heavy atom. The van der Waals surface area contributed by atoms with E-state index >= 15 is 0 Å². The SMILES string of the molecule is COc1ccc(NC(=O)CC(=O)Nc2ccccc2Cl)cc1. The van der Waals surface area contributed by atoms with E-state index in [1.54, 1.807) is 55.6 Å². The molecule has 0 aliphatic carbocycles. The van der Waals surface area contributed by atoms with Crippen LogP contribution in [0.2, 0.25) is 5.02 Å². The molecule has 0 saturated carbocycles. The molecule has 0 atom stereocenters. The lowest BCUT2D eigenvalue weighted by molar-refractivity contribution is -0.123. The van der Waals surface area contributed by atoms with E-state index in [1.165, 1.54) is 0 Å². The van der Waals surface area contributed by atoms with Crippen LogP contribution in [-0.2, 0) is 9.59 Å². The molecule has 114 valence electrons. The normalized spacial score (nSPS) is 9.91. The molecule has 0 aromatic heterocycles. The molecular formula is C16H15ClN2O3. The van der Waals surface area contributed by atoms with Crippen molar-refractivity contribution >= 4 is 34.8 Å². The molecule has 0 spiro atoms. The van der Waals surface area contributed by atoms with Crippen LogP contribution in [0.5, 0.6) is 5.75 Å². The van der Waals surface area contributed by atoms with Gasteiger partial charge in [0.2, 0.25) is 11.8 Å². The lowest BCUT2D eigenvalue weighted by atomic mass is 10.2. The number of methoxy groups -OCH3 is 1. The van der Waals surface area contributed by atoms with Crippen LogP contribution in [0.25, 0.3) is 0 Å². The van der Waals surface area contributed by atoms with Crippen LogP contribution in [0.15, 0.2) is 48.5 Å².